The lowest BCUT2D eigenvalue weighted by atomic mass is 9.89. The van der Waals surface area contributed by atoms with Gasteiger partial charge in [-0.25, -0.2) is 13.2 Å². The zero-order valence-corrected chi connectivity index (χ0v) is 9.11. The molecular weight excluding hydrogens is 241 g/mol. The summed E-state index contributed by atoms with van der Waals surface area (Å²) in [6, 6.07) is -2.93. The monoisotopic (exact) mass is 256 g/mol. The third-order valence-corrected chi connectivity index (χ3v) is 2.79. The van der Waals surface area contributed by atoms with Crippen LogP contribution in [0.15, 0.2) is 0 Å². The van der Waals surface area contributed by atoms with E-state index in [2.05, 4.69) is 10.6 Å². The minimum absolute atomic E-state index is 0.339. The Morgan fingerprint density at radius 1 is 1.41 bits per heavy atom. The van der Waals surface area contributed by atoms with Gasteiger partial charge in [0.25, 0.3) is 6.43 Å². The Labute approximate surface area is 96.0 Å². The van der Waals surface area contributed by atoms with E-state index in [1.54, 1.807) is 0 Å². The minimum Gasteiger partial charge on any atom is -0.388 e. The molecular formula is C9H15F3N2O3. The van der Waals surface area contributed by atoms with Crippen LogP contribution in [0, 0.1) is 0 Å². The molecule has 1 fully saturated rings. The highest BCUT2D eigenvalue weighted by molar-refractivity contribution is 5.76. The second-order valence-corrected chi connectivity index (χ2v) is 3.94. The first-order chi connectivity index (χ1) is 7.88. The van der Waals surface area contributed by atoms with E-state index >= 15 is 0 Å². The lowest BCUT2D eigenvalue weighted by Crippen LogP contribution is -2.66. The quantitative estimate of drug-likeness (QED) is 0.510. The van der Waals surface area contributed by atoms with Gasteiger partial charge in [-0.1, -0.05) is 0 Å². The van der Waals surface area contributed by atoms with Gasteiger partial charge in [0.05, 0.1) is 6.04 Å². The number of alkyl halides is 3. The van der Waals surface area contributed by atoms with Crippen LogP contribution >= 0.6 is 0 Å². The number of piperidine rings is 1. The van der Waals surface area contributed by atoms with Crippen LogP contribution in [0.4, 0.5) is 13.2 Å². The van der Waals surface area contributed by atoms with Gasteiger partial charge in [0.1, 0.15) is 12.2 Å². The van der Waals surface area contributed by atoms with Gasteiger partial charge < -0.3 is 20.8 Å². The number of halogens is 3. The van der Waals surface area contributed by atoms with Crippen molar-refractivity contribution in [3.63, 3.8) is 0 Å². The minimum atomic E-state index is -2.98. The summed E-state index contributed by atoms with van der Waals surface area (Å²) in [4.78, 5) is 11.1. The van der Waals surface area contributed by atoms with Crippen LogP contribution in [0.5, 0.6) is 0 Å². The predicted octanol–water partition coefficient (Wildman–Crippen LogP) is -1.21. The molecule has 1 rings (SSSR count). The molecule has 5 atom stereocenters. The summed E-state index contributed by atoms with van der Waals surface area (Å²) in [5, 5.41) is 23.1. The van der Waals surface area contributed by atoms with Crippen molar-refractivity contribution in [3.05, 3.63) is 0 Å². The van der Waals surface area contributed by atoms with Crippen molar-refractivity contribution in [1.29, 1.82) is 0 Å². The average molecular weight is 256 g/mol. The molecule has 0 saturated carbocycles. The van der Waals surface area contributed by atoms with E-state index in [1.165, 1.54) is 7.05 Å². The molecule has 100 valence electrons. The second-order valence-electron chi connectivity index (χ2n) is 3.94. The molecule has 1 aliphatic rings. The van der Waals surface area contributed by atoms with E-state index in [0.29, 0.717) is 0 Å². The van der Waals surface area contributed by atoms with Crippen LogP contribution in [-0.2, 0) is 4.79 Å². The fourth-order valence-electron chi connectivity index (χ4n) is 1.77. The normalized spacial score (nSPS) is 38.2. The molecule has 8 heteroatoms. The lowest BCUT2D eigenvalue weighted by Gasteiger charge is -2.39. The largest absolute Gasteiger partial charge is 0.388 e. The number of carbonyl (C=O) groups is 1. The average Bonchev–Trinajstić information content (AvgIpc) is 2.29. The molecule has 1 heterocycles. The van der Waals surface area contributed by atoms with Gasteiger partial charge in [-0.15, -0.1) is 0 Å². The lowest BCUT2D eigenvalue weighted by molar-refractivity contribution is -0.129. The molecule has 1 aliphatic heterocycles. The molecule has 0 aromatic rings. The van der Waals surface area contributed by atoms with E-state index in [9.17, 15) is 28.2 Å². The number of nitrogens with one attached hydrogen (secondary N) is 2. The fourth-order valence-corrected chi connectivity index (χ4v) is 1.77. The molecule has 1 amide bonds. The number of hydrogen-bond donors (Lipinski definition) is 4. The van der Waals surface area contributed by atoms with Gasteiger partial charge in [-0.2, -0.15) is 0 Å². The summed E-state index contributed by atoms with van der Waals surface area (Å²) < 4.78 is 38.4. The number of rotatable bonds is 3. The number of hydrogen-bond acceptors (Lipinski definition) is 4. The van der Waals surface area contributed by atoms with Crippen molar-refractivity contribution in [2.75, 3.05) is 7.05 Å². The summed E-state index contributed by atoms with van der Waals surface area (Å²) in [6.45, 7) is 0. The molecule has 5 nitrogen and oxygen atoms in total. The van der Waals surface area contributed by atoms with Crippen molar-refractivity contribution < 1.29 is 28.2 Å². The Hall–Kier alpha value is -0.860. The summed E-state index contributed by atoms with van der Waals surface area (Å²) in [5.74, 6) is -0.516. The Morgan fingerprint density at radius 3 is 2.47 bits per heavy atom. The number of aliphatic hydroxyl groups is 2. The molecule has 5 unspecified atom stereocenters. The topological polar surface area (TPSA) is 81.6 Å². The zero-order valence-electron chi connectivity index (χ0n) is 9.11. The fraction of sp³-hybridized carbons (Fsp3) is 0.889. The Kier molecular flexibility index (Phi) is 4.72. The third kappa shape index (κ3) is 3.08. The number of aliphatic hydroxyl groups excluding tert-OH is 2. The van der Waals surface area contributed by atoms with E-state index in [-0.39, 0.29) is 6.42 Å². The van der Waals surface area contributed by atoms with Gasteiger partial charge in [0.2, 0.25) is 5.91 Å². The van der Waals surface area contributed by atoms with Crippen LogP contribution in [0.25, 0.3) is 0 Å². The van der Waals surface area contributed by atoms with Gasteiger partial charge in [-0.3, -0.25) is 4.79 Å². The van der Waals surface area contributed by atoms with Crippen LogP contribution in [0.2, 0.25) is 0 Å². The molecule has 0 aromatic carbocycles. The highest BCUT2D eigenvalue weighted by Gasteiger charge is 2.47. The maximum Gasteiger partial charge on any atom is 0.256 e. The zero-order chi connectivity index (χ0) is 13.2. The van der Waals surface area contributed by atoms with Gasteiger partial charge in [0.15, 0.2) is 6.17 Å². The molecule has 17 heavy (non-hydrogen) atoms. The smallest absolute Gasteiger partial charge is 0.256 e. The Morgan fingerprint density at radius 2 is 2.00 bits per heavy atom. The maximum absolute atomic E-state index is 13.4. The standard InChI is InChI=1S/C9H15F3N2O3/c1-13-4(15)2-3-7(16)5(10)8(17)6(14-3)9(11)12/h3,5-9,14,16-17H,2H2,1H3,(H,13,15). The highest BCUT2D eigenvalue weighted by atomic mass is 19.3. The molecule has 0 aromatic heterocycles. The SMILES string of the molecule is CNC(=O)CC1NC(C(F)F)C(O)C(F)C1O. The summed E-state index contributed by atoms with van der Waals surface area (Å²) in [7, 11) is 1.34. The van der Waals surface area contributed by atoms with Crippen LogP contribution in [0.1, 0.15) is 6.42 Å². The van der Waals surface area contributed by atoms with Crippen LogP contribution < -0.4 is 10.6 Å². The van der Waals surface area contributed by atoms with E-state index in [0.717, 1.165) is 0 Å². The Balaban J connectivity index is 2.74. The van der Waals surface area contributed by atoms with Crippen LogP contribution in [-0.4, -0.2) is 60.1 Å². The van der Waals surface area contributed by atoms with Crippen LogP contribution in [0.3, 0.4) is 0 Å². The van der Waals surface area contributed by atoms with Crippen molar-refractivity contribution >= 4 is 5.91 Å². The molecule has 0 spiro atoms. The Bertz CT molecular complexity index is 280. The first-order valence-electron chi connectivity index (χ1n) is 5.13. The summed E-state index contributed by atoms with van der Waals surface area (Å²) >= 11 is 0. The van der Waals surface area contributed by atoms with E-state index < -0.39 is 42.8 Å². The molecule has 4 N–H and O–H groups in total. The number of carbonyl (C=O) groups excluding carboxylic acids is 1. The molecule has 0 aliphatic carbocycles. The van der Waals surface area contributed by atoms with Gasteiger partial charge >= 0.3 is 0 Å². The first-order valence-corrected chi connectivity index (χ1v) is 5.13. The molecule has 0 radical (unpaired) electrons. The first kappa shape index (κ1) is 14.2. The molecule has 0 bridgehead atoms. The summed E-state index contributed by atoms with van der Waals surface area (Å²) in [5.41, 5.74) is 0. The molecule has 1 saturated heterocycles. The van der Waals surface area contributed by atoms with Gasteiger partial charge in [0, 0.05) is 19.5 Å². The third-order valence-electron chi connectivity index (χ3n) is 2.79. The maximum atomic E-state index is 13.4. The van der Waals surface area contributed by atoms with E-state index in [4.69, 9.17) is 0 Å². The second kappa shape index (κ2) is 5.65. The van der Waals surface area contributed by atoms with Crippen molar-refractivity contribution in [2.45, 2.75) is 43.3 Å². The predicted molar refractivity (Wildman–Crippen MR) is 52.3 cm³/mol. The van der Waals surface area contributed by atoms with Crippen molar-refractivity contribution in [1.82, 2.24) is 10.6 Å². The highest BCUT2D eigenvalue weighted by Crippen LogP contribution is 2.23. The van der Waals surface area contributed by atoms with Crippen molar-refractivity contribution in [3.8, 4) is 0 Å². The van der Waals surface area contributed by atoms with E-state index in [1.807, 2.05) is 0 Å². The number of amides is 1. The summed E-state index contributed by atoms with van der Waals surface area (Å²) in [6.07, 6.45) is -9.22. The van der Waals surface area contributed by atoms with Gasteiger partial charge in [-0.05, 0) is 0 Å². The van der Waals surface area contributed by atoms with Crippen molar-refractivity contribution in [2.24, 2.45) is 0 Å².